The molecule has 31 heavy (non-hydrogen) atoms. The molecule has 0 spiro atoms. The van der Waals surface area contributed by atoms with Gasteiger partial charge in [-0.2, -0.15) is 0 Å². The highest BCUT2D eigenvalue weighted by atomic mass is 16.5. The summed E-state index contributed by atoms with van der Waals surface area (Å²) in [6, 6.07) is 7.60. The summed E-state index contributed by atoms with van der Waals surface area (Å²) in [6.07, 6.45) is 2.66. The van der Waals surface area contributed by atoms with Crippen LogP contribution in [0, 0.1) is 11.8 Å². The summed E-state index contributed by atoms with van der Waals surface area (Å²) in [5.41, 5.74) is 4.18. The summed E-state index contributed by atoms with van der Waals surface area (Å²) in [6.45, 7) is 7.96. The predicted octanol–water partition coefficient (Wildman–Crippen LogP) is 3.97. The van der Waals surface area contributed by atoms with Crippen molar-refractivity contribution >= 4 is 18.1 Å². The Labute approximate surface area is 181 Å². The van der Waals surface area contributed by atoms with Crippen LogP contribution in [0.2, 0.25) is 0 Å². The maximum atomic E-state index is 12.8. The van der Waals surface area contributed by atoms with Crippen LogP contribution in [0.1, 0.15) is 39.8 Å². The Balaban J connectivity index is 2.00. The number of methoxy groups -OCH3 is 3. The van der Waals surface area contributed by atoms with Crippen LogP contribution >= 0.6 is 0 Å². The quantitative estimate of drug-likeness (QED) is 0.710. The molecule has 1 aliphatic heterocycles. The van der Waals surface area contributed by atoms with Gasteiger partial charge in [-0.3, -0.25) is 4.79 Å². The molecule has 1 heterocycles. The van der Waals surface area contributed by atoms with Crippen molar-refractivity contribution in [2.75, 3.05) is 27.9 Å². The molecule has 2 aliphatic rings. The van der Waals surface area contributed by atoms with Gasteiger partial charge in [0.1, 0.15) is 0 Å². The lowest BCUT2D eigenvalue weighted by Crippen LogP contribution is -2.34. The average molecular weight is 422 g/mol. The van der Waals surface area contributed by atoms with E-state index in [9.17, 15) is 9.90 Å². The number of aliphatic hydroxyl groups is 1. The first-order valence-corrected chi connectivity index (χ1v) is 10.1. The minimum Gasteiger partial charge on any atom is -0.493 e. The highest BCUT2D eigenvalue weighted by Crippen LogP contribution is 2.53. The number of ether oxygens (including phenoxy) is 4. The second-order valence-corrected chi connectivity index (χ2v) is 7.72. The largest absolute Gasteiger partial charge is 0.493 e. The van der Waals surface area contributed by atoms with Crippen LogP contribution in [0.5, 0.6) is 17.2 Å². The zero-order valence-electron chi connectivity index (χ0n) is 17.9. The van der Waals surface area contributed by atoms with E-state index in [1.54, 1.807) is 33.5 Å². The maximum absolute atomic E-state index is 12.8. The monoisotopic (exact) mass is 422 g/mol. The topological polar surface area (TPSA) is 74.2 Å². The van der Waals surface area contributed by atoms with Crippen LogP contribution in [0.3, 0.4) is 0 Å². The Hall–Kier alpha value is -3.25. The molecule has 6 nitrogen and oxygen atoms in total. The molecule has 1 saturated heterocycles. The maximum Gasteiger partial charge on any atom is 0.310 e. The van der Waals surface area contributed by atoms with Crippen LogP contribution in [0.15, 0.2) is 37.4 Å². The standard InChI is InChI=1S/C25H26O6/c1-6-13-8-16-17(9-14(13)7-2)23(26)18-12-31-25(27)22(18)21(16)15-10-19(28-3)24(30-5)20(11-15)29-4/h6-11,18,21-23,26H,1-2,12H2,3-5H3/t18-,21+,22+,23-/m0/s1. The van der Waals surface area contributed by atoms with Crippen LogP contribution in [0.25, 0.3) is 12.2 Å². The lowest BCUT2D eigenvalue weighted by Gasteiger charge is -2.37. The molecule has 2 aromatic carbocycles. The molecule has 0 unspecified atom stereocenters. The molecule has 0 bridgehead atoms. The predicted molar refractivity (Wildman–Crippen MR) is 117 cm³/mol. The average Bonchev–Trinajstić information content (AvgIpc) is 3.19. The van der Waals surface area contributed by atoms with E-state index in [2.05, 4.69) is 13.2 Å². The van der Waals surface area contributed by atoms with E-state index in [0.717, 1.165) is 27.8 Å². The second-order valence-electron chi connectivity index (χ2n) is 7.72. The lowest BCUT2D eigenvalue weighted by molar-refractivity contribution is -0.141. The molecule has 0 saturated carbocycles. The summed E-state index contributed by atoms with van der Waals surface area (Å²) < 4.78 is 21.9. The van der Waals surface area contributed by atoms with Gasteiger partial charge in [-0.25, -0.2) is 0 Å². The van der Waals surface area contributed by atoms with E-state index >= 15 is 0 Å². The summed E-state index contributed by atoms with van der Waals surface area (Å²) in [5.74, 6) is -0.0812. The fourth-order valence-electron chi connectivity index (χ4n) is 4.86. The van der Waals surface area contributed by atoms with E-state index in [4.69, 9.17) is 18.9 Å². The molecule has 4 atom stereocenters. The number of carbonyl (C=O) groups is 1. The molecule has 0 aromatic heterocycles. The Morgan fingerprint density at radius 3 is 2.06 bits per heavy atom. The van der Waals surface area contributed by atoms with Gasteiger partial charge in [0.15, 0.2) is 11.5 Å². The Morgan fingerprint density at radius 1 is 0.968 bits per heavy atom. The van der Waals surface area contributed by atoms with Gasteiger partial charge >= 0.3 is 5.97 Å². The van der Waals surface area contributed by atoms with E-state index in [1.165, 1.54) is 0 Å². The van der Waals surface area contributed by atoms with Crippen molar-refractivity contribution in [3.63, 3.8) is 0 Å². The van der Waals surface area contributed by atoms with Gasteiger partial charge in [0, 0.05) is 11.8 Å². The van der Waals surface area contributed by atoms with Gasteiger partial charge < -0.3 is 24.1 Å². The molecule has 0 amide bonds. The zero-order chi connectivity index (χ0) is 22.3. The van der Waals surface area contributed by atoms with Crippen LogP contribution in [0.4, 0.5) is 0 Å². The van der Waals surface area contributed by atoms with Gasteiger partial charge in [0.05, 0.1) is 40.0 Å². The number of rotatable bonds is 6. The first kappa shape index (κ1) is 21.0. The van der Waals surface area contributed by atoms with Crippen molar-refractivity contribution in [3.8, 4) is 17.2 Å². The number of aliphatic hydroxyl groups excluding tert-OH is 1. The van der Waals surface area contributed by atoms with E-state index < -0.39 is 12.0 Å². The third-order valence-corrected chi connectivity index (χ3v) is 6.34. The summed E-state index contributed by atoms with van der Waals surface area (Å²) in [4.78, 5) is 12.8. The normalized spacial score (nSPS) is 23.9. The molecule has 0 radical (unpaired) electrons. The minimum atomic E-state index is -0.817. The van der Waals surface area contributed by atoms with Gasteiger partial charge in [-0.1, -0.05) is 31.4 Å². The molecule has 1 N–H and O–H groups in total. The molecule has 162 valence electrons. The Kier molecular flexibility index (Phi) is 5.50. The van der Waals surface area contributed by atoms with Gasteiger partial charge in [0.25, 0.3) is 0 Å². The second kappa shape index (κ2) is 8.12. The van der Waals surface area contributed by atoms with Crippen molar-refractivity contribution < 1.29 is 28.8 Å². The minimum absolute atomic E-state index is 0.178. The molecular formula is C25H26O6. The summed E-state index contributed by atoms with van der Waals surface area (Å²) >= 11 is 0. The summed E-state index contributed by atoms with van der Waals surface area (Å²) in [7, 11) is 4.65. The van der Waals surface area contributed by atoms with E-state index in [-0.39, 0.29) is 24.4 Å². The lowest BCUT2D eigenvalue weighted by atomic mass is 9.65. The van der Waals surface area contributed by atoms with Crippen molar-refractivity contribution in [3.05, 3.63) is 65.2 Å². The molecule has 6 heteroatoms. The first-order chi connectivity index (χ1) is 15.0. The van der Waals surface area contributed by atoms with Gasteiger partial charge in [-0.05, 0) is 46.0 Å². The van der Waals surface area contributed by atoms with E-state index in [0.29, 0.717) is 17.2 Å². The SMILES string of the molecule is C=Cc1cc2c(cc1C=C)[C@H](O)[C@H]1COC(=O)[C@H]1[C@@H]2c1cc(OC)c(OC)c(OC)c1. The molecule has 2 aromatic rings. The Morgan fingerprint density at radius 2 is 1.55 bits per heavy atom. The van der Waals surface area contributed by atoms with Crippen molar-refractivity contribution in [2.45, 2.75) is 12.0 Å². The third kappa shape index (κ3) is 3.18. The number of fused-ring (bicyclic) bond motifs is 2. The smallest absolute Gasteiger partial charge is 0.310 e. The number of benzene rings is 2. The molecule has 1 fully saturated rings. The fourth-order valence-corrected chi connectivity index (χ4v) is 4.86. The van der Waals surface area contributed by atoms with Crippen molar-refractivity contribution in [1.29, 1.82) is 0 Å². The first-order valence-electron chi connectivity index (χ1n) is 10.1. The summed E-state index contributed by atoms with van der Waals surface area (Å²) in [5, 5.41) is 11.1. The highest BCUT2D eigenvalue weighted by Gasteiger charge is 2.51. The molecular weight excluding hydrogens is 396 g/mol. The van der Waals surface area contributed by atoms with Crippen LogP contribution in [-0.2, 0) is 9.53 Å². The number of hydrogen-bond acceptors (Lipinski definition) is 6. The van der Waals surface area contributed by atoms with E-state index in [1.807, 2.05) is 24.3 Å². The third-order valence-electron chi connectivity index (χ3n) is 6.34. The van der Waals surface area contributed by atoms with Gasteiger partial charge in [0.2, 0.25) is 5.75 Å². The van der Waals surface area contributed by atoms with Gasteiger partial charge in [-0.15, -0.1) is 0 Å². The molecule has 1 aliphatic carbocycles. The molecule has 4 rings (SSSR count). The van der Waals surface area contributed by atoms with Crippen molar-refractivity contribution in [1.82, 2.24) is 0 Å². The number of esters is 1. The number of carbonyl (C=O) groups excluding carboxylic acids is 1. The Bertz CT molecular complexity index is 1030. The van der Waals surface area contributed by atoms with Crippen LogP contribution in [-0.4, -0.2) is 39.0 Å². The number of cyclic esters (lactones) is 1. The highest BCUT2D eigenvalue weighted by molar-refractivity contribution is 5.79. The van der Waals surface area contributed by atoms with Crippen molar-refractivity contribution in [2.24, 2.45) is 11.8 Å². The zero-order valence-corrected chi connectivity index (χ0v) is 17.9. The fraction of sp³-hybridized carbons (Fsp3) is 0.320. The number of hydrogen-bond donors (Lipinski definition) is 1. The van der Waals surface area contributed by atoms with Crippen LogP contribution < -0.4 is 14.2 Å².